The molecule has 4 nitrogen and oxygen atoms in total. The second-order valence-corrected chi connectivity index (χ2v) is 5.37. The van der Waals surface area contributed by atoms with Gasteiger partial charge in [-0.2, -0.15) is 5.10 Å². The first-order valence-corrected chi connectivity index (χ1v) is 6.65. The maximum absolute atomic E-state index is 13.9. The van der Waals surface area contributed by atoms with E-state index in [1.165, 1.54) is 18.5 Å². The van der Waals surface area contributed by atoms with Gasteiger partial charge in [-0.05, 0) is 38.0 Å². The topological polar surface area (TPSA) is 42.7 Å². The van der Waals surface area contributed by atoms with Crippen molar-refractivity contribution in [3.05, 3.63) is 48.1 Å². The molecule has 1 aromatic carbocycles. The highest BCUT2D eigenvalue weighted by molar-refractivity contribution is 5.32. The predicted octanol–water partition coefficient (Wildman–Crippen LogP) is 2.22. The van der Waals surface area contributed by atoms with Gasteiger partial charge in [0.15, 0.2) is 0 Å². The Morgan fingerprint density at radius 2 is 2.20 bits per heavy atom. The number of rotatable bonds is 5. The molecule has 0 radical (unpaired) electrons. The van der Waals surface area contributed by atoms with E-state index in [2.05, 4.69) is 15.4 Å². The van der Waals surface area contributed by atoms with Crippen LogP contribution in [0.15, 0.2) is 30.9 Å². The van der Waals surface area contributed by atoms with Gasteiger partial charge in [0.2, 0.25) is 0 Å². The normalized spacial score (nSPS) is 17.9. The maximum atomic E-state index is 13.9. The van der Waals surface area contributed by atoms with Crippen LogP contribution in [0.25, 0.3) is 0 Å². The lowest BCUT2D eigenvalue weighted by atomic mass is 10.0. The van der Waals surface area contributed by atoms with Crippen molar-refractivity contribution in [2.75, 3.05) is 0 Å². The van der Waals surface area contributed by atoms with Gasteiger partial charge in [0.1, 0.15) is 24.3 Å². The molecule has 3 rings (SSSR count). The smallest absolute Gasteiger partial charge is 0.137 e. The summed E-state index contributed by atoms with van der Waals surface area (Å²) >= 11 is 0. The van der Waals surface area contributed by atoms with Crippen LogP contribution >= 0.6 is 0 Å². The van der Waals surface area contributed by atoms with E-state index < -0.39 is 11.4 Å². The molecule has 0 unspecified atom stereocenters. The Hall–Kier alpha value is -1.82. The van der Waals surface area contributed by atoms with Crippen molar-refractivity contribution in [2.24, 2.45) is 0 Å². The van der Waals surface area contributed by atoms with Crippen LogP contribution in [0.5, 0.6) is 0 Å². The zero-order valence-corrected chi connectivity index (χ0v) is 11.2. The first-order chi connectivity index (χ1) is 9.59. The van der Waals surface area contributed by atoms with Gasteiger partial charge in [-0.25, -0.2) is 13.8 Å². The lowest BCUT2D eigenvalue weighted by Crippen LogP contribution is -2.39. The van der Waals surface area contributed by atoms with Crippen LogP contribution in [0, 0.1) is 11.6 Å². The van der Waals surface area contributed by atoms with Gasteiger partial charge in [-0.1, -0.05) is 0 Å². The lowest BCUT2D eigenvalue weighted by Gasteiger charge is -2.23. The fourth-order valence-electron chi connectivity index (χ4n) is 2.61. The summed E-state index contributed by atoms with van der Waals surface area (Å²) in [4.78, 5) is 3.89. The van der Waals surface area contributed by atoms with Crippen LogP contribution in [-0.2, 0) is 12.1 Å². The molecule has 1 N–H and O–H groups in total. The Morgan fingerprint density at radius 3 is 2.85 bits per heavy atom. The first kappa shape index (κ1) is 13.2. The van der Waals surface area contributed by atoms with E-state index in [1.807, 2.05) is 6.92 Å². The monoisotopic (exact) mass is 278 g/mol. The van der Waals surface area contributed by atoms with E-state index in [1.54, 1.807) is 11.0 Å². The fraction of sp³-hybridized carbons (Fsp3) is 0.429. The number of halogens is 2. The summed E-state index contributed by atoms with van der Waals surface area (Å²) < 4.78 is 28.9. The summed E-state index contributed by atoms with van der Waals surface area (Å²) in [6.45, 7) is 2.64. The molecular weight excluding hydrogens is 262 g/mol. The van der Waals surface area contributed by atoms with Crippen molar-refractivity contribution in [3.8, 4) is 0 Å². The number of nitrogens with zero attached hydrogens (tertiary/aromatic N) is 3. The molecule has 1 fully saturated rings. The van der Waals surface area contributed by atoms with Gasteiger partial charge in [0, 0.05) is 17.1 Å². The summed E-state index contributed by atoms with van der Waals surface area (Å²) in [5.41, 5.74) is -0.0189. The Bertz CT molecular complexity index is 593. The molecule has 1 aliphatic rings. The molecule has 106 valence electrons. The number of aromatic nitrogens is 3. The molecule has 0 bridgehead atoms. The van der Waals surface area contributed by atoms with Gasteiger partial charge in [0.25, 0.3) is 0 Å². The van der Waals surface area contributed by atoms with Crippen molar-refractivity contribution >= 4 is 0 Å². The van der Waals surface area contributed by atoms with E-state index >= 15 is 0 Å². The third-order valence-corrected chi connectivity index (χ3v) is 3.64. The molecular formula is C14H16F2N4. The molecule has 2 aromatic rings. The molecule has 1 aromatic heterocycles. The van der Waals surface area contributed by atoms with Gasteiger partial charge >= 0.3 is 0 Å². The highest BCUT2D eigenvalue weighted by Crippen LogP contribution is 2.47. The fourth-order valence-corrected chi connectivity index (χ4v) is 2.61. The van der Waals surface area contributed by atoms with Crippen LogP contribution in [-0.4, -0.2) is 20.8 Å². The Balaban J connectivity index is 1.74. The SMILES string of the molecule is C[C@H](Cn1cncn1)NC1(c2cc(F)ccc2F)CC1. The Kier molecular flexibility index (Phi) is 3.25. The van der Waals surface area contributed by atoms with Gasteiger partial charge in [-0.3, -0.25) is 4.68 Å². The van der Waals surface area contributed by atoms with E-state index in [9.17, 15) is 8.78 Å². The van der Waals surface area contributed by atoms with Crippen molar-refractivity contribution in [1.82, 2.24) is 20.1 Å². The molecule has 20 heavy (non-hydrogen) atoms. The van der Waals surface area contributed by atoms with Crippen LogP contribution in [0.4, 0.5) is 8.78 Å². The summed E-state index contributed by atoms with van der Waals surface area (Å²) in [7, 11) is 0. The van der Waals surface area contributed by atoms with Crippen LogP contribution in [0.1, 0.15) is 25.3 Å². The van der Waals surface area contributed by atoms with Crippen molar-refractivity contribution < 1.29 is 8.78 Å². The van der Waals surface area contributed by atoms with E-state index in [0.29, 0.717) is 12.1 Å². The first-order valence-electron chi connectivity index (χ1n) is 6.65. The minimum atomic E-state index is -0.438. The second-order valence-electron chi connectivity index (χ2n) is 5.37. The van der Waals surface area contributed by atoms with E-state index in [-0.39, 0.29) is 11.9 Å². The van der Waals surface area contributed by atoms with Crippen LogP contribution in [0.3, 0.4) is 0 Å². The highest BCUT2D eigenvalue weighted by atomic mass is 19.1. The molecule has 0 amide bonds. The minimum Gasteiger partial charge on any atom is -0.303 e. The van der Waals surface area contributed by atoms with E-state index in [4.69, 9.17) is 0 Å². The third kappa shape index (κ3) is 2.56. The lowest BCUT2D eigenvalue weighted by molar-refractivity contribution is 0.376. The van der Waals surface area contributed by atoms with Gasteiger partial charge < -0.3 is 5.32 Å². The average molecular weight is 278 g/mol. The predicted molar refractivity (Wildman–Crippen MR) is 69.9 cm³/mol. The summed E-state index contributed by atoms with van der Waals surface area (Å²) in [6.07, 6.45) is 4.75. The average Bonchev–Trinajstić information content (AvgIpc) is 2.99. The highest BCUT2D eigenvalue weighted by Gasteiger charge is 2.46. The number of hydrogen-bond acceptors (Lipinski definition) is 3. The number of nitrogens with one attached hydrogen (secondary N) is 1. The Morgan fingerprint density at radius 1 is 1.40 bits per heavy atom. The van der Waals surface area contributed by atoms with Gasteiger partial charge in [-0.15, -0.1) is 0 Å². The summed E-state index contributed by atoms with van der Waals surface area (Å²) in [6, 6.07) is 3.71. The number of benzene rings is 1. The summed E-state index contributed by atoms with van der Waals surface area (Å²) in [5.74, 6) is -0.761. The largest absolute Gasteiger partial charge is 0.303 e. The molecule has 0 saturated heterocycles. The quantitative estimate of drug-likeness (QED) is 0.912. The maximum Gasteiger partial charge on any atom is 0.137 e. The number of hydrogen-bond donors (Lipinski definition) is 1. The third-order valence-electron chi connectivity index (χ3n) is 3.64. The van der Waals surface area contributed by atoms with Crippen LogP contribution in [0.2, 0.25) is 0 Å². The molecule has 1 saturated carbocycles. The molecule has 0 aliphatic heterocycles. The van der Waals surface area contributed by atoms with Crippen molar-refractivity contribution in [2.45, 2.75) is 37.9 Å². The zero-order valence-electron chi connectivity index (χ0n) is 11.2. The Labute approximate surface area is 115 Å². The molecule has 6 heteroatoms. The second kappa shape index (κ2) is 4.94. The molecule has 1 atom stereocenters. The molecule has 1 heterocycles. The van der Waals surface area contributed by atoms with Crippen molar-refractivity contribution in [3.63, 3.8) is 0 Å². The zero-order chi connectivity index (χ0) is 14.2. The van der Waals surface area contributed by atoms with Gasteiger partial charge in [0.05, 0.1) is 6.54 Å². The summed E-state index contributed by atoms with van der Waals surface area (Å²) in [5, 5.41) is 7.44. The molecule has 0 spiro atoms. The van der Waals surface area contributed by atoms with Crippen LogP contribution < -0.4 is 5.32 Å². The molecule has 1 aliphatic carbocycles. The minimum absolute atomic E-state index is 0.0851. The standard InChI is InChI=1S/C14H16F2N4/c1-10(7-20-9-17-8-18-20)19-14(4-5-14)12-6-11(15)2-3-13(12)16/h2-3,6,8-10,19H,4-5,7H2,1H3/t10-/m1/s1. The van der Waals surface area contributed by atoms with Crippen molar-refractivity contribution in [1.29, 1.82) is 0 Å². The van der Waals surface area contributed by atoms with E-state index in [0.717, 1.165) is 18.9 Å².